The van der Waals surface area contributed by atoms with E-state index in [1.54, 1.807) is 0 Å². The van der Waals surface area contributed by atoms with Gasteiger partial charge in [-0.3, -0.25) is 18.6 Å². The highest BCUT2D eigenvalue weighted by molar-refractivity contribution is 7.47. The van der Waals surface area contributed by atoms with Crippen molar-refractivity contribution in [1.82, 2.24) is 0 Å². The molecule has 0 amide bonds. The molecule has 59 heavy (non-hydrogen) atoms. The zero-order valence-electron chi connectivity index (χ0n) is 36.6. The van der Waals surface area contributed by atoms with Gasteiger partial charge in [0.15, 0.2) is 0 Å². The molecule has 0 saturated carbocycles. The SMILES string of the molecule is CC/C=C\C/C=C\C/C=C\C/C=C\C/C=C\C/C=C\CCCCCCCOCC(COP(=O)(O)OCC(N)C(=O)O)OC(=O)CCCCCCC/C=C\C/C=C\CCC. The van der Waals surface area contributed by atoms with E-state index < -0.39 is 45.1 Å². The van der Waals surface area contributed by atoms with Crippen LogP contribution < -0.4 is 5.73 Å². The Morgan fingerprint density at radius 1 is 0.559 bits per heavy atom. The van der Waals surface area contributed by atoms with Gasteiger partial charge in [0, 0.05) is 13.0 Å². The number of rotatable bonds is 41. The minimum absolute atomic E-state index is 0.00895. The number of carbonyl (C=O) groups excluding carboxylic acids is 1. The second-order valence-corrected chi connectivity index (χ2v) is 15.9. The Balaban J connectivity index is 4.27. The van der Waals surface area contributed by atoms with E-state index in [0.717, 1.165) is 122 Å². The molecule has 0 aromatic carbocycles. The number of hydrogen-bond acceptors (Lipinski definition) is 8. The van der Waals surface area contributed by atoms with Crippen LogP contribution in [0.1, 0.15) is 155 Å². The molecule has 0 saturated heterocycles. The van der Waals surface area contributed by atoms with Crippen LogP contribution in [-0.2, 0) is 32.7 Å². The largest absolute Gasteiger partial charge is 0.480 e. The fourth-order valence-corrected chi connectivity index (χ4v) is 6.19. The van der Waals surface area contributed by atoms with Gasteiger partial charge in [0.25, 0.3) is 0 Å². The minimum Gasteiger partial charge on any atom is -0.480 e. The van der Waals surface area contributed by atoms with Gasteiger partial charge in [0.2, 0.25) is 0 Å². The quantitative estimate of drug-likeness (QED) is 0.0234. The van der Waals surface area contributed by atoms with E-state index >= 15 is 0 Å². The number of allylic oxidation sites excluding steroid dienone is 16. The maximum absolute atomic E-state index is 12.6. The first kappa shape index (κ1) is 55.9. The standard InChI is InChI=1S/C48H80NO9P/c1-3-5-7-9-11-13-15-17-18-19-20-21-22-23-24-25-26-27-29-31-33-35-37-39-41-55-42-45(43-56-59(53,54)57-44-46(49)48(51)52)58-47(50)40-38-36-34-32-30-28-16-14-12-10-8-6-4-2/h5,7-8,10-11,13-14,16-18,20-21,23-24,26-27,45-46H,3-4,6,9,12,15,19,22,25,28-44,49H2,1-2H3,(H,51,52)(H,53,54)/b7-5-,10-8-,13-11-,16-14-,18-17-,21-20-,24-23-,27-26-. The number of hydrogen-bond donors (Lipinski definition) is 3. The average Bonchev–Trinajstić information content (AvgIpc) is 3.21. The summed E-state index contributed by atoms with van der Waals surface area (Å²) >= 11 is 0. The third-order valence-corrected chi connectivity index (χ3v) is 9.78. The van der Waals surface area contributed by atoms with Crippen LogP contribution in [0, 0.1) is 0 Å². The predicted octanol–water partition coefficient (Wildman–Crippen LogP) is 12.5. The molecule has 0 aromatic rings. The van der Waals surface area contributed by atoms with Crippen LogP contribution in [-0.4, -0.2) is 60.5 Å². The number of esters is 1. The Kier molecular flexibility index (Phi) is 40.7. The number of aliphatic carboxylic acids is 1. The lowest BCUT2D eigenvalue weighted by atomic mass is 10.1. The molecule has 0 rings (SSSR count). The highest BCUT2D eigenvalue weighted by atomic mass is 31.2. The summed E-state index contributed by atoms with van der Waals surface area (Å²) in [5.41, 5.74) is 5.35. The van der Waals surface area contributed by atoms with Gasteiger partial charge in [0.05, 0.1) is 19.8 Å². The number of carbonyl (C=O) groups is 2. The molecule has 336 valence electrons. The van der Waals surface area contributed by atoms with Gasteiger partial charge < -0.3 is 25.2 Å². The van der Waals surface area contributed by atoms with Crippen molar-refractivity contribution < 1.29 is 42.7 Å². The van der Waals surface area contributed by atoms with E-state index in [1.165, 1.54) is 6.42 Å². The zero-order valence-corrected chi connectivity index (χ0v) is 37.4. The Morgan fingerprint density at radius 2 is 0.983 bits per heavy atom. The molecule has 10 nitrogen and oxygen atoms in total. The van der Waals surface area contributed by atoms with Crippen molar-refractivity contribution in [3.05, 3.63) is 97.2 Å². The smallest absolute Gasteiger partial charge is 0.472 e. The highest BCUT2D eigenvalue weighted by Gasteiger charge is 2.27. The molecule has 11 heteroatoms. The molecule has 0 bridgehead atoms. The van der Waals surface area contributed by atoms with E-state index in [9.17, 15) is 19.0 Å². The molecule has 0 heterocycles. The monoisotopic (exact) mass is 846 g/mol. The van der Waals surface area contributed by atoms with Gasteiger partial charge in [-0.15, -0.1) is 0 Å². The maximum atomic E-state index is 12.6. The number of carboxylic acids is 1. The van der Waals surface area contributed by atoms with Crippen LogP contribution in [0.5, 0.6) is 0 Å². The number of unbranched alkanes of at least 4 members (excludes halogenated alkanes) is 11. The van der Waals surface area contributed by atoms with Crippen molar-refractivity contribution in [3.63, 3.8) is 0 Å². The summed E-state index contributed by atoms with van der Waals surface area (Å²) in [7, 11) is -4.63. The lowest BCUT2D eigenvalue weighted by Gasteiger charge is -2.20. The molecular weight excluding hydrogens is 765 g/mol. The van der Waals surface area contributed by atoms with Crippen LogP contribution in [0.15, 0.2) is 97.2 Å². The van der Waals surface area contributed by atoms with E-state index in [-0.39, 0.29) is 13.0 Å². The summed E-state index contributed by atoms with van der Waals surface area (Å²) in [6.45, 7) is 3.61. The molecule has 0 radical (unpaired) electrons. The normalized spacial score (nSPS) is 14.8. The Labute approximate surface area is 358 Å². The molecule has 0 aromatic heterocycles. The van der Waals surface area contributed by atoms with Crippen LogP contribution in [0.4, 0.5) is 0 Å². The first-order valence-electron chi connectivity index (χ1n) is 22.3. The number of phosphoric acid groups is 1. The molecule has 0 aliphatic rings. The average molecular weight is 846 g/mol. The van der Waals surface area contributed by atoms with Gasteiger partial charge in [0.1, 0.15) is 12.1 Å². The van der Waals surface area contributed by atoms with Crippen molar-refractivity contribution in [2.45, 2.75) is 167 Å². The molecular formula is C48H80NO9P. The highest BCUT2D eigenvalue weighted by Crippen LogP contribution is 2.43. The molecule has 0 fully saturated rings. The Hall–Kier alpha value is -3.11. The molecule has 0 spiro atoms. The van der Waals surface area contributed by atoms with Gasteiger partial charge in [-0.25, -0.2) is 4.57 Å². The molecule has 0 aliphatic carbocycles. The van der Waals surface area contributed by atoms with Gasteiger partial charge in [-0.05, 0) is 89.9 Å². The van der Waals surface area contributed by atoms with E-state index in [0.29, 0.717) is 13.0 Å². The lowest BCUT2D eigenvalue weighted by Crippen LogP contribution is -2.34. The molecule has 3 atom stereocenters. The van der Waals surface area contributed by atoms with Crippen LogP contribution in [0.3, 0.4) is 0 Å². The van der Waals surface area contributed by atoms with E-state index in [2.05, 4.69) is 111 Å². The van der Waals surface area contributed by atoms with Crippen molar-refractivity contribution >= 4 is 19.8 Å². The fourth-order valence-electron chi connectivity index (χ4n) is 5.41. The van der Waals surface area contributed by atoms with Crippen molar-refractivity contribution in [2.24, 2.45) is 5.73 Å². The predicted molar refractivity (Wildman–Crippen MR) is 244 cm³/mol. The van der Waals surface area contributed by atoms with Crippen molar-refractivity contribution in [1.29, 1.82) is 0 Å². The van der Waals surface area contributed by atoms with Gasteiger partial charge in [-0.1, -0.05) is 156 Å². The third kappa shape index (κ3) is 42.8. The van der Waals surface area contributed by atoms with Crippen LogP contribution in [0.2, 0.25) is 0 Å². The number of nitrogens with two attached hydrogens (primary N) is 1. The number of carboxylic acid groups (broad SMARTS) is 1. The Bertz CT molecular complexity index is 1300. The van der Waals surface area contributed by atoms with Crippen LogP contribution >= 0.6 is 7.82 Å². The fraction of sp³-hybridized carbons (Fsp3) is 0.625. The summed E-state index contributed by atoms with van der Waals surface area (Å²) in [4.78, 5) is 33.5. The molecule has 3 unspecified atom stereocenters. The topological polar surface area (TPSA) is 155 Å². The van der Waals surface area contributed by atoms with Crippen LogP contribution in [0.25, 0.3) is 0 Å². The Morgan fingerprint density at radius 3 is 1.47 bits per heavy atom. The second kappa shape index (κ2) is 43.0. The molecule has 4 N–H and O–H groups in total. The minimum atomic E-state index is -4.63. The molecule has 0 aliphatic heterocycles. The zero-order chi connectivity index (χ0) is 43.3. The first-order chi connectivity index (χ1) is 28.7. The maximum Gasteiger partial charge on any atom is 0.472 e. The lowest BCUT2D eigenvalue weighted by molar-refractivity contribution is -0.154. The summed E-state index contributed by atoms with van der Waals surface area (Å²) < 4.78 is 33.3. The number of phosphoric ester groups is 1. The summed E-state index contributed by atoms with van der Waals surface area (Å²) in [5.74, 6) is -1.81. The first-order valence-corrected chi connectivity index (χ1v) is 23.8. The second-order valence-electron chi connectivity index (χ2n) is 14.4. The van der Waals surface area contributed by atoms with E-state index in [1.807, 2.05) is 0 Å². The van der Waals surface area contributed by atoms with Gasteiger partial charge in [-0.2, -0.15) is 0 Å². The summed E-state index contributed by atoms with van der Waals surface area (Å²) in [6, 6.07) is -1.48. The van der Waals surface area contributed by atoms with E-state index in [4.69, 9.17) is 29.4 Å². The van der Waals surface area contributed by atoms with Gasteiger partial charge >= 0.3 is 19.8 Å². The van der Waals surface area contributed by atoms with Crippen molar-refractivity contribution in [2.75, 3.05) is 26.4 Å². The third-order valence-electron chi connectivity index (χ3n) is 8.83. The number of ether oxygens (including phenoxy) is 2. The van der Waals surface area contributed by atoms with Crippen molar-refractivity contribution in [3.8, 4) is 0 Å². The summed E-state index contributed by atoms with van der Waals surface area (Å²) in [6.07, 6.45) is 56.0. The summed E-state index contributed by atoms with van der Waals surface area (Å²) in [5, 5.41) is 8.90.